The summed E-state index contributed by atoms with van der Waals surface area (Å²) >= 11 is 0. The predicted molar refractivity (Wildman–Crippen MR) is 71.2 cm³/mol. The molecule has 3 rings (SSSR count). The fraction of sp³-hybridized carbons (Fsp3) is 0. The second-order valence-electron chi connectivity index (χ2n) is 4.28. The zero-order chi connectivity index (χ0) is 15.0. The molecule has 3 aromatic rings. The minimum atomic E-state index is -1.17. The van der Waals surface area contributed by atoms with Gasteiger partial charge in [-0.15, -0.1) is 0 Å². The number of halogens is 2. The molecule has 2 N–H and O–H groups in total. The van der Waals surface area contributed by atoms with Gasteiger partial charge in [-0.25, -0.2) is 23.2 Å². The molecule has 5 nitrogen and oxygen atoms in total. The first-order chi connectivity index (χ1) is 10.1. The minimum Gasteiger partial charge on any atom is -0.507 e. The van der Waals surface area contributed by atoms with Crippen LogP contribution in [0.4, 0.5) is 8.78 Å². The summed E-state index contributed by atoms with van der Waals surface area (Å²) in [6.07, 6.45) is 0. The topological polar surface area (TPSA) is 70.9 Å². The molecule has 0 fully saturated rings. The van der Waals surface area contributed by atoms with E-state index in [9.17, 15) is 18.7 Å². The van der Waals surface area contributed by atoms with Crippen molar-refractivity contribution < 1.29 is 13.9 Å². The smallest absolute Gasteiger partial charge is 0.348 e. The molecule has 7 heteroatoms. The van der Waals surface area contributed by atoms with Crippen LogP contribution >= 0.6 is 0 Å². The van der Waals surface area contributed by atoms with Crippen molar-refractivity contribution in [1.82, 2.24) is 14.8 Å². The molecule has 0 aliphatic rings. The number of aromatic hydroxyl groups is 1. The fourth-order valence-corrected chi connectivity index (χ4v) is 2.03. The molecule has 106 valence electrons. The van der Waals surface area contributed by atoms with Crippen molar-refractivity contribution in [1.29, 1.82) is 0 Å². The quantitative estimate of drug-likeness (QED) is 0.760. The molecule has 0 unspecified atom stereocenters. The number of aromatic nitrogens is 3. The van der Waals surface area contributed by atoms with Crippen molar-refractivity contribution in [3.8, 4) is 22.8 Å². The highest BCUT2D eigenvalue weighted by Crippen LogP contribution is 2.28. The van der Waals surface area contributed by atoms with Gasteiger partial charge in [-0.05, 0) is 24.3 Å². The van der Waals surface area contributed by atoms with Crippen LogP contribution in [0.15, 0.2) is 47.3 Å². The number of nitrogens with one attached hydrogen (secondary N) is 1. The normalized spacial score (nSPS) is 10.8. The number of hydrogen-bond acceptors (Lipinski definition) is 3. The molecular weight excluding hydrogens is 280 g/mol. The van der Waals surface area contributed by atoms with E-state index >= 15 is 0 Å². The Morgan fingerprint density at radius 1 is 1.10 bits per heavy atom. The van der Waals surface area contributed by atoms with E-state index in [0.717, 1.165) is 10.6 Å². The third kappa shape index (κ3) is 2.08. The number of para-hydroxylation sites is 1. The van der Waals surface area contributed by atoms with Crippen molar-refractivity contribution in [2.75, 3.05) is 0 Å². The van der Waals surface area contributed by atoms with Gasteiger partial charge < -0.3 is 5.11 Å². The zero-order valence-corrected chi connectivity index (χ0v) is 10.5. The fourth-order valence-electron chi connectivity index (χ4n) is 2.03. The van der Waals surface area contributed by atoms with Crippen molar-refractivity contribution >= 4 is 0 Å². The summed E-state index contributed by atoms with van der Waals surface area (Å²) in [5, 5.41) is 15.8. The molecule has 0 spiro atoms. The highest BCUT2D eigenvalue weighted by Gasteiger charge is 2.19. The SMILES string of the molecule is O=c1[nH]nc(-c2ccccc2O)n1-c1cccc(F)c1F. The number of hydrogen-bond donors (Lipinski definition) is 2. The molecular formula is C14H9F2N3O2. The Hall–Kier alpha value is -2.96. The maximum absolute atomic E-state index is 13.9. The largest absolute Gasteiger partial charge is 0.507 e. The number of phenols is 1. The van der Waals surface area contributed by atoms with E-state index in [1.54, 1.807) is 12.1 Å². The lowest BCUT2D eigenvalue weighted by Gasteiger charge is -2.08. The van der Waals surface area contributed by atoms with Crippen LogP contribution in [-0.4, -0.2) is 19.9 Å². The zero-order valence-electron chi connectivity index (χ0n) is 10.5. The second kappa shape index (κ2) is 4.86. The van der Waals surface area contributed by atoms with Gasteiger partial charge in [-0.3, -0.25) is 0 Å². The first kappa shape index (κ1) is 13.0. The van der Waals surface area contributed by atoms with Crippen molar-refractivity contribution in [3.05, 3.63) is 64.6 Å². The van der Waals surface area contributed by atoms with E-state index < -0.39 is 17.3 Å². The number of rotatable bonds is 2. The summed E-state index contributed by atoms with van der Waals surface area (Å²) in [6.45, 7) is 0. The van der Waals surface area contributed by atoms with Crippen LogP contribution in [0.2, 0.25) is 0 Å². The summed E-state index contributed by atoms with van der Waals surface area (Å²) in [5.74, 6) is -2.39. The molecule has 1 heterocycles. The standard InChI is InChI=1S/C14H9F2N3O2/c15-9-5-3-6-10(12(9)16)19-13(17-18-14(19)21)8-4-1-2-7-11(8)20/h1-7,20H,(H,18,21). The molecule has 0 saturated carbocycles. The molecule has 2 aromatic carbocycles. The first-order valence-electron chi connectivity index (χ1n) is 6.00. The highest BCUT2D eigenvalue weighted by molar-refractivity contribution is 5.65. The molecule has 0 aliphatic heterocycles. The van der Waals surface area contributed by atoms with Crippen molar-refractivity contribution in [2.45, 2.75) is 0 Å². The lowest BCUT2D eigenvalue weighted by molar-refractivity contribution is 0.476. The minimum absolute atomic E-state index is 0.0115. The summed E-state index contributed by atoms with van der Waals surface area (Å²) in [6, 6.07) is 9.61. The van der Waals surface area contributed by atoms with E-state index in [0.29, 0.717) is 0 Å². The molecule has 21 heavy (non-hydrogen) atoms. The maximum atomic E-state index is 13.9. The van der Waals surface area contributed by atoms with Crippen LogP contribution in [0.5, 0.6) is 5.75 Å². The average Bonchev–Trinajstić information content (AvgIpc) is 2.84. The Morgan fingerprint density at radius 2 is 1.86 bits per heavy atom. The van der Waals surface area contributed by atoms with Gasteiger partial charge in [-0.2, -0.15) is 5.10 Å². The van der Waals surface area contributed by atoms with Gasteiger partial charge in [0, 0.05) is 0 Å². The molecule has 0 radical (unpaired) electrons. The van der Waals surface area contributed by atoms with Gasteiger partial charge in [0.05, 0.1) is 11.3 Å². The molecule has 0 amide bonds. The monoisotopic (exact) mass is 289 g/mol. The Labute approximate surface area is 117 Å². The lowest BCUT2D eigenvalue weighted by Crippen LogP contribution is -2.17. The van der Waals surface area contributed by atoms with Gasteiger partial charge in [0.2, 0.25) is 0 Å². The van der Waals surface area contributed by atoms with E-state index in [1.165, 1.54) is 24.3 Å². The Bertz CT molecular complexity index is 871. The van der Waals surface area contributed by atoms with E-state index in [2.05, 4.69) is 10.2 Å². The van der Waals surface area contributed by atoms with E-state index in [1.807, 2.05) is 0 Å². The number of benzene rings is 2. The summed E-state index contributed by atoms with van der Waals surface area (Å²) in [7, 11) is 0. The van der Waals surface area contributed by atoms with Crippen LogP contribution in [0.1, 0.15) is 0 Å². The first-order valence-corrected chi connectivity index (χ1v) is 6.00. The Morgan fingerprint density at radius 3 is 2.62 bits per heavy atom. The van der Waals surface area contributed by atoms with Crippen LogP contribution in [0.3, 0.4) is 0 Å². The van der Waals surface area contributed by atoms with Crippen LogP contribution < -0.4 is 5.69 Å². The number of phenolic OH excluding ortho intramolecular Hbond substituents is 1. The summed E-state index contributed by atoms with van der Waals surface area (Å²) in [4.78, 5) is 11.9. The summed E-state index contributed by atoms with van der Waals surface area (Å²) in [5.41, 5.74) is -0.802. The third-order valence-electron chi connectivity index (χ3n) is 2.99. The van der Waals surface area contributed by atoms with Gasteiger partial charge in [0.1, 0.15) is 5.75 Å². The van der Waals surface area contributed by atoms with Crippen LogP contribution in [-0.2, 0) is 0 Å². The van der Waals surface area contributed by atoms with Crippen LogP contribution in [0, 0.1) is 11.6 Å². The molecule has 0 atom stereocenters. The van der Waals surface area contributed by atoms with Crippen molar-refractivity contribution in [3.63, 3.8) is 0 Å². The van der Waals surface area contributed by atoms with Gasteiger partial charge in [0.15, 0.2) is 17.5 Å². The number of H-pyrrole nitrogens is 1. The second-order valence-corrected chi connectivity index (χ2v) is 4.28. The third-order valence-corrected chi connectivity index (χ3v) is 2.99. The number of nitrogens with zero attached hydrogens (tertiary/aromatic N) is 2. The molecule has 0 saturated heterocycles. The summed E-state index contributed by atoms with van der Waals surface area (Å²) < 4.78 is 28.1. The van der Waals surface area contributed by atoms with E-state index in [4.69, 9.17) is 0 Å². The van der Waals surface area contributed by atoms with Crippen molar-refractivity contribution in [2.24, 2.45) is 0 Å². The maximum Gasteiger partial charge on any atom is 0.348 e. The Balaban J connectivity index is 2.31. The van der Waals surface area contributed by atoms with Gasteiger partial charge in [0.25, 0.3) is 0 Å². The van der Waals surface area contributed by atoms with E-state index in [-0.39, 0.29) is 22.8 Å². The average molecular weight is 289 g/mol. The lowest BCUT2D eigenvalue weighted by atomic mass is 10.2. The molecule has 1 aromatic heterocycles. The van der Waals surface area contributed by atoms with Gasteiger partial charge in [-0.1, -0.05) is 18.2 Å². The number of aromatic amines is 1. The van der Waals surface area contributed by atoms with Crippen LogP contribution in [0.25, 0.3) is 17.1 Å². The predicted octanol–water partition coefficient (Wildman–Crippen LogP) is 2.21. The Kier molecular flexibility index (Phi) is 3.02. The highest BCUT2D eigenvalue weighted by atomic mass is 19.2. The molecule has 0 bridgehead atoms. The van der Waals surface area contributed by atoms with Gasteiger partial charge >= 0.3 is 5.69 Å². The molecule has 0 aliphatic carbocycles.